The fraction of sp³-hybridized carbons (Fsp3) is 0.0714. The summed E-state index contributed by atoms with van der Waals surface area (Å²) < 4.78 is 39.1. The van der Waals surface area contributed by atoms with E-state index in [0.717, 1.165) is 12.1 Å². The van der Waals surface area contributed by atoms with Gasteiger partial charge in [-0.05, 0) is 40.2 Å². The highest BCUT2D eigenvalue weighted by molar-refractivity contribution is 9.10. The third-order valence-electron chi connectivity index (χ3n) is 2.65. The summed E-state index contributed by atoms with van der Waals surface area (Å²) >= 11 is 8.88. The third-order valence-corrected chi connectivity index (χ3v) is 3.54. The van der Waals surface area contributed by atoms with Crippen LogP contribution in [0.1, 0.15) is 21.5 Å². The molecule has 20 heavy (non-hydrogen) atoms. The second kappa shape index (κ2) is 5.58. The summed E-state index contributed by atoms with van der Waals surface area (Å²) in [5.41, 5.74) is -1.21. The van der Waals surface area contributed by atoms with Gasteiger partial charge in [0.1, 0.15) is 0 Å². The minimum Gasteiger partial charge on any atom is -0.289 e. The summed E-state index contributed by atoms with van der Waals surface area (Å²) in [5.74, 6) is -0.707. The number of carbonyl (C=O) groups is 1. The Balaban J connectivity index is 2.55. The molecule has 0 unspecified atom stereocenters. The lowest BCUT2D eigenvalue weighted by Crippen LogP contribution is -2.14. The van der Waals surface area contributed by atoms with Gasteiger partial charge in [-0.2, -0.15) is 13.2 Å². The molecule has 0 saturated carbocycles. The summed E-state index contributed by atoms with van der Waals surface area (Å²) in [5, 5.41) is 0.387. The molecule has 0 radical (unpaired) electrons. The van der Waals surface area contributed by atoms with Crippen molar-refractivity contribution in [3.05, 3.63) is 68.7 Å². The lowest BCUT2D eigenvalue weighted by molar-refractivity contribution is -0.137. The molecule has 1 nitrogen and oxygen atoms in total. The second-order valence-corrected chi connectivity index (χ2v) is 5.29. The summed E-state index contributed by atoms with van der Waals surface area (Å²) in [6.07, 6.45) is -4.58. The molecule has 0 fully saturated rings. The van der Waals surface area contributed by atoms with Gasteiger partial charge in [0.2, 0.25) is 0 Å². The van der Waals surface area contributed by atoms with E-state index < -0.39 is 17.5 Å². The van der Waals surface area contributed by atoms with Crippen molar-refractivity contribution in [2.45, 2.75) is 6.18 Å². The molecule has 6 heteroatoms. The van der Waals surface area contributed by atoms with Gasteiger partial charge in [-0.3, -0.25) is 4.79 Å². The van der Waals surface area contributed by atoms with Gasteiger partial charge in [0.05, 0.1) is 5.56 Å². The monoisotopic (exact) mass is 362 g/mol. The topological polar surface area (TPSA) is 17.1 Å². The van der Waals surface area contributed by atoms with Crippen molar-refractivity contribution in [3.8, 4) is 0 Å². The summed E-state index contributed by atoms with van der Waals surface area (Å²) in [6.45, 7) is 0. The number of rotatable bonds is 2. The SMILES string of the molecule is O=C(c1ccc(Cl)cc1Br)c1ccccc1C(F)(F)F. The number of halogens is 5. The van der Waals surface area contributed by atoms with E-state index in [0.29, 0.717) is 9.50 Å². The van der Waals surface area contributed by atoms with Crippen LogP contribution in [0.5, 0.6) is 0 Å². The molecule has 0 aliphatic rings. The summed E-state index contributed by atoms with van der Waals surface area (Å²) in [7, 11) is 0. The van der Waals surface area contributed by atoms with Crippen molar-refractivity contribution in [1.29, 1.82) is 0 Å². The highest BCUT2D eigenvalue weighted by Crippen LogP contribution is 2.34. The van der Waals surface area contributed by atoms with Gasteiger partial charge < -0.3 is 0 Å². The normalized spacial score (nSPS) is 11.4. The average molecular weight is 364 g/mol. The Morgan fingerprint density at radius 3 is 2.30 bits per heavy atom. The number of hydrogen-bond donors (Lipinski definition) is 0. The molecule has 2 aromatic carbocycles. The third kappa shape index (κ3) is 3.04. The Bertz CT molecular complexity index is 668. The van der Waals surface area contributed by atoms with E-state index in [9.17, 15) is 18.0 Å². The van der Waals surface area contributed by atoms with Crippen LogP contribution in [0, 0.1) is 0 Å². The molecule has 0 bridgehead atoms. The summed E-state index contributed by atoms with van der Waals surface area (Å²) in [6, 6.07) is 8.99. The molecular weight excluding hydrogens is 357 g/mol. The molecule has 0 N–H and O–H groups in total. The first-order chi connectivity index (χ1) is 9.30. The van der Waals surface area contributed by atoms with E-state index >= 15 is 0 Å². The van der Waals surface area contributed by atoms with Crippen molar-refractivity contribution in [2.24, 2.45) is 0 Å². The van der Waals surface area contributed by atoms with Gasteiger partial charge in [-0.15, -0.1) is 0 Å². The van der Waals surface area contributed by atoms with E-state index in [1.807, 2.05) is 0 Å². The Hall–Kier alpha value is -1.33. The van der Waals surface area contributed by atoms with Crippen LogP contribution in [-0.4, -0.2) is 5.78 Å². The van der Waals surface area contributed by atoms with Crippen LogP contribution in [0.25, 0.3) is 0 Å². The number of ketones is 1. The van der Waals surface area contributed by atoms with E-state index in [-0.39, 0.29) is 11.1 Å². The molecule has 0 atom stereocenters. The van der Waals surface area contributed by atoms with Crippen molar-refractivity contribution >= 4 is 33.3 Å². The molecule has 0 amide bonds. The van der Waals surface area contributed by atoms with Crippen LogP contribution in [0.3, 0.4) is 0 Å². The molecule has 0 aliphatic carbocycles. The number of hydrogen-bond acceptors (Lipinski definition) is 1. The molecule has 104 valence electrons. The van der Waals surface area contributed by atoms with E-state index in [4.69, 9.17) is 11.6 Å². The quantitative estimate of drug-likeness (QED) is 0.657. The number of benzene rings is 2. The molecule has 2 aromatic rings. The van der Waals surface area contributed by atoms with Crippen LogP contribution in [0.2, 0.25) is 5.02 Å². The maximum absolute atomic E-state index is 12.9. The van der Waals surface area contributed by atoms with Crippen LogP contribution in [0.4, 0.5) is 13.2 Å². The van der Waals surface area contributed by atoms with Gasteiger partial charge in [-0.1, -0.05) is 29.8 Å². The minimum atomic E-state index is -4.58. The Labute approximate surface area is 126 Å². The van der Waals surface area contributed by atoms with E-state index in [1.54, 1.807) is 0 Å². The van der Waals surface area contributed by atoms with E-state index in [2.05, 4.69) is 15.9 Å². The number of carbonyl (C=O) groups excluding carboxylic acids is 1. The molecule has 0 spiro atoms. The predicted octanol–water partition coefficient (Wildman–Crippen LogP) is 5.35. The predicted molar refractivity (Wildman–Crippen MR) is 74.0 cm³/mol. The lowest BCUT2D eigenvalue weighted by Gasteiger charge is -2.12. The first kappa shape index (κ1) is 15.1. The van der Waals surface area contributed by atoms with Crippen molar-refractivity contribution in [3.63, 3.8) is 0 Å². The van der Waals surface area contributed by atoms with Crippen LogP contribution < -0.4 is 0 Å². The highest BCUT2D eigenvalue weighted by atomic mass is 79.9. The standard InChI is InChI=1S/C14H7BrClF3O/c15-12-7-8(16)5-6-10(12)13(20)9-3-1-2-4-11(9)14(17,18)19/h1-7H. The fourth-order valence-electron chi connectivity index (χ4n) is 1.75. The maximum atomic E-state index is 12.9. The molecular formula is C14H7BrClF3O. The van der Waals surface area contributed by atoms with Crippen LogP contribution in [0.15, 0.2) is 46.9 Å². The van der Waals surface area contributed by atoms with Gasteiger partial charge in [0.15, 0.2) is 5.78 Å². The van der Waals surface area contributed by atoms with Crippen molar-refractivity contribution in [1.82, 2.24) is 0 Å². The van der Waals surface area contributed by atoms with Gasteiger partial charge >= 0.3 is 6.18 Å². The number of alkyl halides is 3. The van der Waals surface area contributed by atoms with E-state index in [1.165, 1.54) is 30.3 Å². The largest absolute Gasteiger partial charge is 0.417 e. The molecule has 0 aliphatic heterocycles. The Morgan fingerprint density at radius 2 is 1.70 bits per heavy atom. The van der Waals surface area contributed by atoms with Crippen LogP contribution >= 0.6 is 27.5 Å². The molecule has 0 saturated heterocycles. The first-order valence-corrected chi connectivity index (χ1v) is 6.64. The zero-order valence-electron chi connectivity index (χ0n) is 9.84. The van der Waals surface area contributed by atoms with Crippen molar-refractivity contribution < 1.29 is 18.0 Å². The zero-order chi connectivity index (χ0) is 14.9. The maximum Gasteiger partial charge on any atom is 0.417 e. The minimum absolute atomic E-state index is 0.131. The highest BCUT2D eigenvalue weighted by Gasteiger charge is 2.35. The second-order valence-electron chi connectivity index (χ2n) is 4.00. The smallest absolute Gasteiger partial charge is 0.289 e. The van der Waals surface area contributed by atoms with Crippen molar-refractivity contribution in [2.75, 3.05) is 0 Å². The summed E-state index contributed by atoms with van der Waals surface area (Å²) in [4.78, 5) is 12.3. The fourth-order valence-corrected chi connectivity index (χ4v) is 2.61. The zero-order valence-corrected chi connectivity index (χ0v) is 12.2. The van der Waals surface area contributed by atoms with Gasteiger partial charge in [0, 0.05) is 20.6 Å². The van der Waals surface area contributed by atoms with Crippen LogP contribution in [-0.2, 0) is 6.18 Å². The average Bonchev–Trinajstić information content (AvgIpc) is 2.37. The molecule has 0 aromatic heterocycles. The Morgan fingerprint density at radius 1 is 1.05 bits per heavy atom. The first-order valence-electron chi connectivity index (χ1n) is 5.46. The van der Waals surface area contributed by atoms with Gasteiger partial charge in [0.25, 0.3) is 0 Å². The Kier molecular flexibility index (Phi) is 4.20. The molecule has 0 heterocycles. The lowest BCUT2D eigenvalue weighted by atomic mass is 9.98. The molecule has 2 rings (SSSR count). The van der Waals surface area contributed by atoms with Gasteiger partial charge in [-0.25, -0.2) is 0 Å².